The van der Waals surface area contributed by atoms with Gasteiger partial charge in [-0.3, -0.25) is 0 Å². The summed E-state index contributed by atoms with van der Waals surface area (Å²) in [5.74, 6) is -1.41. The normalized spacial score (nSPS) is 18.0. The Kier molecular flexibility index (Phi) is 2.97. The molecule has 0 saturated carbocycles. The van der Waals surface area contributed by atoms with E-state index in [4.69, 9.17) is 9.84 Å². The Labute approximate surface area is 49.2 Å². The molecule has 0 rings (SSSR count). The Hall–Kier alpha value is -0.120. The number of rotatable bonds is 3. The maximum absolute atomic E-state index is 8.88. The van der Waals surface area contributed by atoms with Gasteiger partial charge in [0.25, 0.3) is 5.97 Å². The summed E-state index contributed by atoms with van der Waals surface area (Å²) in [6.07, 6.45) is 0. The molecule has 0 amide bonds. The van der Waals surface area contributed by atoms with Crippen molar-refractivity contribution in [3.8, 4) is 0 Å². The summed E-state index contributed by atoms with van der Waals surface area (Å²) in [4.78, 5) is 0. The fraction of sp³-hybridized carbons (Fsp3) is 1.00. The number of methoxy groups -OCH3 is 1. The summed E-state index contributed by atoms with van der Waals surface area (Å²) in [6.45, 7) is 3.67. The third kappa shape index (κ3) is 2.96. The molecule has 50 valence electrons. The molecular weight excluding hydrogens is 108 g/mol. The summed E-state index contributed by atoms with van der Waals surface area (Å²) in [7, 11) is 1.38. The molecule has 0 aliphatic heterocycles. The van der Waals surface area contributed by atoms with Crippen LogP contribution in [0.5, 0.6) is 0 Å². The monoisotopic (exact) mass is 120 g/mol. The summed E-state index contributed by atoms with van der Waals surface area (Å²) < 4.78 is 9.22. The first-order valence-corrected chi connectivity index (χ1v) is 2.54. The Bertz CT molecular complexity index is 60.7. The SMILES string of the molecule is CCOC(C)(O)OC. The van der Waals surface area contributed by atoms with E-state index in [0.29, 0.717) is 6.61 Å². The molecular formula is C5H12O3. The molecule has 0 aliphatic carbocycles. The van der Waals surface area contributed by atoms with Gasteiger partial charge in [-0.05, 0) is 6.92 Å². The Morgan fingerprint density at radius 3 is 2.25 bits per heavy atom. The summed E-state index contributed by atoms with van der Waals surface area (Å²) in [5, 5.41) is 8.88. The quantitative estimate of drug-likeness (QED) is 0.546. The van der Waals surface area contributed by atoms with Crippen LogP contribution in [0.15, 0.2) is 0 Å². The van der Waals surface area contributed by atoms with Crippen LogP contribution in [0.3, 0.4) is 0 Å². The molecule has 0 fully saturated rings. The lowest BCUT2D eigenvalue weighted by Gasteiger charge is -2.19. The highest BCUT2D eigenvalue weighted by molar-refractivity contribution is 4.36. The van der Waals surface area contributed by atoms with Gasteiger partial charge in [-0.25, -0.2) is 0 Å². The van der Waals surface area contributed by atoms with Crippen LogP contribution in [0.25, 0.3) is 0 Å². The molecule has 0 radical (unpaired) electrons. The van der Waals surface area contributed by atoms with Crippen molar-refractivity contribution in [2.24, 2.45) is 0 Å². The average molecular weight is 120 g/mol. The van der Waals surface area contributed by atoms with E-state index in [1.807, 2.05) is 0 Å². The molecule has 1 N–H and O–H groups in total. The molecule has 0 heterocycles. The van der Waals surface area contributed by atoms with Crippen LogP contribution in [0.2, 0.25) is 0 Å². The molecule has 0 saturated heterocycles. The molecule has 0 aromatic rings. The van der Waals surface area contributed by atoms with Crippen molar-refractivity contribution in [3.63, 3.8) is 0 Å². The van der Waals surface area contributed by atoms with E-state index < -0.39 is 5.97 Å². The highest BCUT2D eigenvalue weighted by atomic mass is 16.8. The zero-order chi connectivity index (χ0) is 6.62. The molecule has 0 aliphatic rings. The van der Waals surface area contributed by atoms with Crippen LogP contribution < -0.4 is 0 Å². The zero-order valence-corrected chi connectivity index (χ0v) is 5.47. The minimum atomic E-state index is -1.41. The predicted molar refractivity (Wildman–Crippen MR) is 29.3 cm³/mol. The van der Waals surface area contributed by atoms with Crippen LogP contribution in [0.1, 0.15) is 13.8 Å². The third-order valence-electron chi connectivity index (χ3n) is 0.791. The predicted octanol–water partition coefficient (Wildman–Crippen LogP) is 0.335. The standard InChI is InChI=1S/C5H12O3/c1-4-8-5(2,6)7-3/h6H,4H2,1-3H3. The molecule has 8 heavy (non-hydrogen) atoms. The summed E-state index contributed by atoms with van der Waals surface area (Å²) in [5.41, 5.74) is 0. The second kappa shape index (κ2) is 3.02. The average Bonchev–Trinajstić information content (AvgIpc) is 1.67. The molecule has 3 nitrogen and oxygen atoms in total. The van der Waals surface area contributed by atoms with Crippen LogP contribution in [0.4, 0.5) is 0 Å². The van der Waals surface area contributed by atoms with Crippen molar-refractivity contribution in [1.29, 1.82) is 0 Å². The number of hydrogen-bond acceptors (Lipinski definition) is 3. The highest BCUT2D eigenvalue weighted by Crippen LogP contribution is 2.03. The Morgan fingerprint density at radius 2 is 2.12 bits per heavy atom. The van der Waals surface area contributed by atoms with E-state index >= 15 is 0 Å². The maximum atomic E-state index is 8.88. The van der Waals surface area contributed by atoms with E-state index in [2.05, 4.69) is 4.74 Å². The zero-order valence-electron chi connectivity index (χ0n) is 5.47. The number of ether oxygens (including phenoxy) is 2. The van der Waals surface area contributed by atoms with Crippen molar-refractivity contribution in [2.45, 2.75) is 19.8 Å². The van der Waals surface area contributed by atoms with Crippen molar-refractivity contribution in [3.05, 3.63) is 0 Å². The second-order valence-electron chi connectivity index (χ2n) is 1.53. The summed E-state index contributed by atoms with van der Waals surface area (Å²) in [6, 6.07) is 0. The Morgan fingerprint density at radius 1 is 1.62 bits per heavy atom. The first kappa shape index (κ1) is 7.88. The fourth-order valence-electron chi connectivity index (χ4n) is 0.327. The number of hydrogen-bond donors (Lipinski definition) is 1. The Balaban J connectivity index is 3.37. The lowest BCUT2D eigenvalue weighted by Crippen LogP contribution is -2.30. The van der Waals surface area contributed by atoms with Crippen LogP contribution in [0, 0.1) is 0 Å². The van der Waals surface area contributed by atoms with Gasteiger partial charge in [-0.1, -0.05) is 0 Å². The van der Waals surface area contributed by atoms with Crippen LogP contribution >= 0.6 is 0 Å². The van der Waals surface area contributed by atoms with Gasteiger partial charge in [0.1, 0.15) is 0 Å². The van der Waals surface area contributed by atoms with Gasteiger partial charge in [0.2, 0.25) is 0 Å². The molecule has 0 spiro atoms. The molecule has 3 heteroatoms. The van der Waals surface area contributed by atoms with E-state index in [1.54, 1.807) is 6.92 Å². The molecule has 0 aromatic heterocycles. The van der Waals surface area contributed by atoms with Crippen LogP contribution in [-0.4, -0.2) is 24.8 Å². The minimum Gasteiger partial charge on any atom is -0.344 e. The highest BCUT2D eigenvalue weighted by Gasteiger charge is 2.17. The summed E-state index contributed by atoms with van der Waals surface area (Å²) >= 11 is 0. The maximum Gasteiger partial charge on any atom is 0.277 e. The van der Waals surface area contributed by atoms with Gasteiger partial charge in [0.05, 0.1) is 0 Å². The van der Waals surface area contributed by atoms with E-state index in [-0.39, 0.29) is 0 Å². The first-order chi connectivity index (χ1) is 3.62. The third-order valence-corrected chi connectivity index (χ3v) is 0.791. The van der Waals surface area contributed by atoms with Crippen molar-refractivity contribution >= 4 is 0 Å². The molecule has 1 unspecified atom stereocenters. The second-order valence-corrected chi connectivity index (χ2v) is 1.53. The fourth-order valence-corrected chi connectivity index (χ4v) is 0.327. The van der Waals surface area contributed by atoms with Gasteiger partial charge >= 0.3 is 0 Å². The number of aliphatic hydroxyl groups is 1. The van der Waals surface area contributed by atoms with Gasteiger partial charge < -0.3 is 14.6 Å². The van der Waals surface area contributed by atoms with Crippen molar-refractivity contribution in [2.75, 3.05) is 13.7 Å². The van der Waals surface area contributed by atoms with E-state index in [9.17, 15) is 0 Å². The van der Waals surface area contributed by atoms with Gasteiger partial charge in [-0.15, -0.1) is 0 Å². The lowest BCUT2D eigenvalue weighted by atomic mass is 10.6. The largest absolute Gasteiger partial charge is 0.344 e. The van der Waals surface area contributed by atoms with E-state index in [1.165, 1.54) is 14.0 Å². The lowest BCUT2D eigenvalue weighted by molar-refractivity contribution is -0.336. The van der Waals surface area contributed by atoms with Gasteiger partial charge in [0, 0.05) is 20.6 Å². The topological polar surface area (TPSA) is 38.7 Å². The van der Waals surface area contributed by atoms with Crippen molar-refractivity contribution in [1.82, 2.24) is 0 Å². The molecule has 0 bridgehead atoms. The minimum absolute atomic E-state index is 0.445. The van der Waals surface area contributed by atoms with Gasteiger partial charge in [-0.2, -0.15) is 0 Å². The smallest absolute Gasteiger partial charge is 0.277 e. The first-order valence-electron chi connectivity index (χ1n) is 2.54. The van der Waals surface area contributed by atoms with Gasteiger partial charge in [0.15, 0.2) is 0 Å². The van der Waals surface area contributed by atoms with Crippen LogP contribution in [-0.2, 0) is 9.47 Å². The molecule has 1 atom stereocenters. The molecule has 0 aromatic carbocycles. The van der Waals surface area contributed by atoms with Crippen molar-refractivity contribution < 1.29 is 14.6 Å². The van der Waals surface area contributed by atoms with E-state index in [0.717, 1.165) is 0 Å².